The van der Waals surface area contributed by atoms with Gasteiger partial charge in [0.2, 0.25) is 0 Å². The van der Waals surface area contributed by atoms with Gasteiger partial charge in [0, 0.05) is 43.8 Å². The van der Waals surface area contributed by atoms with E-state index in [0.717, 1.165) is 48.0 Å². The number of aryl methyl sites for hydroxylation is 1. The van der Waals surface area contributed by atoms with E-state index in [-0.39, 0.29) is 17.7 Å². The molecule has 8 heteroatoms. The Morgan fingerprint density at radius 2 is 1.97 bits per heavy atom. The number of nitrogens with zero attached hydrogens (tertiary/aromatic N) is 4. The number of fused-ring (bicyclic) bond motifs is 2. The Morgan fingerprint density at radius 3 is 2.80 bits per heavy atom. The third-order valence-corrected chi connectivity index (χ3v) is 5.66. The minimum absolute atomic E-state index is 0.101. The van der Waals surface area contributed by atoms with Gasteiger partial charge in [0.25, 0.3) is 5.56 Å². The van der Waals surface area contributed by atoms with Crippen LogP contribution in [0.4, 0.5) is 5.82 Å². The Labute approximate surface area is 174 Å². The van der Waals surface area contributed by atoms with E-state index in [1.807, 2.05) is 31.2 Å². The molecule has 0 amide bonds. The van der Waals surface area contributed by atoms with E-state index in [0.29, 0.717) is 18.9 Å². The first kappa shape index (κ1) is 18.7. The van der Waals surface area contributed by atoms with Crippen molar-refractivity contribution in [2.45, 2.75) is 38.8 Å². The summed E-state index contributed by atoms with van der Waals surface area (Å²) in [6.45, 7) is 6.10. The van der Waals surface area contributed by atoms with Crippen LogP contribution in [0.1, 0.15) is 25.3 Å². The van der Waals surface area contributed by atoms with Crippen molar-refractivity contribution in [2.75, 3.05) is 24.7 Å². The van der Waals surface area contributed by atoms with Crippen molar-refractivity contribution in [2.24, 2.45) is 0 Å². The molecule has 0 spiro atoms. The molecule has 30 heavy (non-hydrogen) atoms. The Bertz CT molecular complexity index is 1150. The van der Waals surface area contributed by atoms with Gasteiger partial charge in [-0.1, -0.05) is 0 Å². The predicted octanol–water partition coefficient (Wildman–Crippen LogP) is 2.61. The molecule has 156 valence electrons. The topological polar surface area (TPSA) is 78.2 Å². The van der Waals surface area contributed by atoms with Crippen LogP contribution in [0.3, 0.4) is 0 Å². The van der Waals surface area contributed by atoms with Gasteiger partial charge in [-0.2, -0.15) is 4.52 Å². The summed E-state index contributed by atoms with van der Waals surface area (Å²) in [7, 11) is 0. The summed E-state index contributed by atoms with van der Waals surface area (Å²) in [6.07, 6.45) is 3.33. The van der Waals surface area contributed by atoms with Gasteiger partial charge in [-0.25, -0.2) is 4.98 Å². The van der Waals surface area contributed by atoms with E-state index in [2.05, 4.69) is 21.9 Å². The summed E-state index contributed by atoms with van der Waals surface area (Å²) in [5.74, 6) is 3.11. The van der Waals surface area contributed by atoms with E-state index in [1.165, 1.54) is 16.8 Å². The third kappa shape index (κ3) is 3.42. The zero-order valence-corrected chi connectivity index (χ0v) is 17.1. The molecule has 5 rings (SSSR count). The number of benzene rings is 1. The number of aromatic nitrogens is 3. The summed E-state index contributed by atoms with van der Waals surface area (Å²) in [5, 5.41) is 4.60. The maximum atomic E-state index is 12.2. The molecule has 4 heterocycles. The van der Waals surface area contributed by atoms with Crippen LogP contribution in [0, 0.1) is 6.92 Å². The Balaban J connectivity index is 1.32. The van der Waals surface area contributed by atoms with Gasteiger partial charge in [0.05, 0.1) is 0 Å². The molecule has 0 unspecified atom stereocenters. The van der Waals surface area contributed by atoms with Crippen LogP contribution in [-0.2, 0) is 0 Å². The molecule has 8 nitrogen and oxygen atoms in total. The van der Waals surface area contributed by atoms with Gasteiger partial charge in [-0.05, 0) is 37.6 Å². The lowest BCUT2D eigenvalue weighted by Gasteiger charge is -2.39. The first-order valence-electron chi connectivity index (χ1n) is 10.3. The van der Waals surface area contributed by atoms with Crippen molar-refractivity contribution in [3.05, 3.63) is 52.4 Å². The van der Waals surface area contributed by atoms with Crippen LogP contribution in [0.5, 0.6) is 17.2 Å². The van der Waals surface area contributed by atoms with Gasteiger partial charge in [-0.3, -0.25) is 4.79 Å². The van der Waals surface area contributed by atoms with E-state index < -0.39 is 0 Å². The van der Waals surface area contributed by atoms with Gasteiger partial charge in [-0.15, -0.1) is 5.10 Å². The fourth-order valence-electron chi connectivity index (χ4n) is 4.17. The summed E-state index contributed by atoms with van der Waals surface area (Å²) >= 11 is 0. The van der Waals surface area contributed by atoms with Crippen molar-refractivity contribution in [1.82, 2.24) is 14.6 Å². The highest BCUT2D eigenvalue weighted by molar-refractivity contribution is 5.53. The van der Waals surface area contributed by atoms with Crippen LogP contribution in [0.2, 0.25) is 0 Å². The van der Waals surface area contributed by atoms with E-state index in [4.69, 9.17) is 14.2 Å². The van der Waals surface area contributed by atoms with Crippen molar-refractivity contribution >= 4 is 11.5 Å². The monoisotopic (exact) mass is 408 g/mol. The molecular weight excluding hydrogens is 384 g/mol. The highest BCUT2D eigenvalue weighted by atomic mass is 16.6. The molecule has 0 N–H and O–H groups in total. The van der Waals surface area contributed by atoms with E-state index >= 15 is 0 Å². The SMILES string of the molecule is Cc1cc2nccc(=O)n2nc1N1CC[C@@H](Oc2ccc3c(c2)OCCO3)C[C@@H]1C. The Kier molecular flexibility index (Phi) is 4.69. The minimum Gasteiger partial charge on any atom is -0.490 e. The smallest absolute Gasteiger partial charge is 0.274 e. The summed E-state index contributed by atoms with van der Waals surface area (Å²) < 4.78 is 18.8. The standard InChI is InChI=1S/C22H24N4O4/c1-14-11-20-23-7-5-21(27)26(20)24-22(14)25-8-6-17(12-15(25)2)30-16-3-4-18-19(13-16)29-10-9-28-18/h3-5,7,11,13,15,17H,6,8-10,12H2,1-2H3/t15-,17+/m0/s1. The molecule has 2 atom stereocenters. The second kappa shape index (κ2) is 7.51. The second-order valence-electron chi connectivity index (χ2n) is 7.82. The van der Waals surface area contributed by atoms with Crippen LogP contribution in [0.15, 0.2) is 41.3 Å². The Hall–Kier alpha value is -3.29. The van der Waals surface area contributed by atoms with E-state index in [1.54, 1.807) is 0 Å². The highest BCUT2D eigenvalue weighted by Gasteiger charge is 2.29. The largest absolute Gasteiger partial charge is 0.490 e. The van der Waals surface area contributed by atoms with Gasteiger partial charge >= 0.3 is 0 Å². The molecule has 3 aromatic rings. The molecule has 2 aliphatic heterocycles. The fraction of sp³-hybridized carbons (Fsp3) is 0.409. The van der Waals surface area contributed by atoms with Crippen LogP contribution < -0.4 is 24.7 Å². The molecule has 2 aromatic heterocycles. The molecule has 1 saturated heterocycles. The fourth-order valence-corrected chi connectivity index (χ4v) is 4.17. The quantitative estimate of drug-likeness (QED) is 0.659. The average molecular weight is 408 g/mol. The number of ether oxygens (including phenoxy) is 3. The molecular formula is C22H24N4O4. The number of hydrogen-bond donors (Lipinski definition) is 0. The van der Waals surface area contributed by atoms with Crippen LogP contribution >= 0.6 is 0 Å². The second-order valence-corrected chi connectivity index (χ2v) is 7.82. The predicted molar refractivity (Wildman–Crippen MR) is 112 cm³/mol. The maximum absolute atomic E-state index is 12.2. The first-order valence-corrected chi connectivity index (χ1v) is 10.3. The van der Waals surface area contributed by atoms with Crippen molar-refractivity contribution in [1.29, 1.82) is 0 Å². The van der Waals surface area contributed by atoms with Crippen molar-refractivity contribution in [3.63, 3.8) is 0 Å². The summed E-state index contributed by atoms with van der Waals surface area (Å²) in [5.41, 5.74) is 1.39. The zero-order chi connectivity index (χ0) is 20.7. The zero-order valence-electron chi connectivity index (χ0n) is 17.1. The molecule has 0 radical (unpaired) electrons. The van der Waals surface area contributed by atoms with Crippen molar-refractivity contribution in [3.8, 4) is 17.2 Å². The highest BCUT2D eigenvalue weighted by Crippen LogP contribution is 2.35. The lowest BCUT2D eigenvalue weighted by Crippen LogP contribution is -2.45. The molecule has 1 aromatic carbocycles. The first-order chi connectivity index (χ1) is 14.6. The number of hydrogen-bond acceptors (Lipinski definition) is 7. The summed E-state index contributed by atoms with van der Waals surface area (Å²) in [6, 6.07) is 9.29. The molecule has 0 aliphatic carbocycles. The maximum Gasteiger partial charge on any atom is 0.274 e. The van der Waals surface area contributed by atoms with E-state index in [9.17, 15) is 4.79 Å². The lowest BCUT2D eigenvalue weighted by atomic mass is 10.00. The number of anilines is 1. The van der Waals surface area contributed by atoms with Gasteiger partial charge in [0.1, 0.15) is 25.1 Å². The average Bonchev–Trinajstić information content (AvgIpc) is 2.74. The number of rotatable bonds is 3. The lowest BCUT2D eigenvalue weighted by molar-refractivity contribution is 0.149. The minimum atomic E-state index is -0.175. The molecule has 1 fully saturated rings. The molecule has 0 saturated carbocycles. The van der Waals surface area contributed by atoms with Crippen LogP contribution in [-0.4, -0.2) is 46.5 Å². The van der Waals surface area contributed by atoms with Gasteiger partial charge < -0.3 is 19.1 Å². The third-order valence-electron chi connectivity index (χ3n) is 5.66. The van der Waals surface area contributed by atoms with Gasteiger partial charge in [0.15, 0.2) is 23.0 Å². The number of piperidine rings is 1. The van der Waals surface area contributed by atoms with Crippen molar-refractivity contribution < 1.29 is 14.2 Å². The normalized spacial score (nSPS) is 20.9. The van der Waals surface area contributed by atoms with Crippen LogP contribution in [0.25, 0.3) is 5.65 Å². The summed E-state index contributed by atoms with van der Waals surface area (Å²) in [4.78, 5) is 18.7. The molecule has 0 bridgehead atoms. The molecule has 2 aliphatic rings. The Morgan fingerprint density at radius 1 is 1.13 bits per heavy atom.